The van der Waals surface area contributed by atoms with Crippen LogP contribution in [0, 0.1) is 0 Å². The summed E-state index contributed by atoms with van der Waals surface area (Å²) in [6, 6.07) is 2.36. The Kier molecular flexibility index (Phi) is 4.45. The molecule has 0 spiro atoms. The van der Waals surface area contributed by atoms with Gasteiger partial charge in [0.1, 0.15) is 5.69 Å². The summed E-state index contributed by atoms with van der Waals surface area (Å²) in [6.45, 7) is 2.37. The first-order valence-electron chi connectivity index (χ1n) is 6.41. The van der Waals surface area contributed by atoms with Gasteiger partial charge >= 0.3 is 0 Å². The van der Waals surface area contributed by atoms with Gasteiger partial charge in [-0.1, -0.05) is 0 Å². The van der Waals surface area contributed by atoms with E-state index in [0.29, 0.717) is 19.0 Å². The topological polar surface area (TPSA) is 54.3 Å². The molecule has 1 unspecified atom stereocenters. The molecule has 0 bridgehead atoms. The van der Waals surface area contributed by atoms with Crippen LogP contribution >= 0.6 is 15.9 Å². The molecule has 4 nitrogen and oxygen atoms in total. The molecule has 0 saturated heterocycles. The first-order chi connectivity index (χ1) is 8.58. The molecule has 0 radical (unpaired) electrons. The van der Waals surface area contributed by atoms with E-state index in [1.807, 2.05) is 16.8 Å². The number of nitrogens with one attached hydrogen (secondary N) is 1. The van der Waals surface area contributed by atoms with Crippen LogP contribution in [0.5, 0.6) is 0 Å². The molecule has 1 heterocycles. The molecule has 1 aliphatic carbocycles. The van der Waals surface area contributed by atoms with Gasteiger partial charge in [0.05, 0.1) is 6.10 Å². The van der Waals surface area contributed by atoms with Crippen molar-refractivity contribution in [3.63, 3.8) is 0 Å². The number of aromatic nitrogens is 1. The van der Waals surface area contributed by atoms with E-state index < -0.39 is 0 Å². The number of hydrogen-bond donors (Lipinski definition) is 2. The highest BCUT2D eigenvalue weighted by Crippen LogP contribution is 2.37. The van der Waals surface area contributed by atoms with Crippen molar-refractivity contribution in [2.24, 2.45) is 0 Å². The van der Waals surface area contributed by atoms with Gasteiger partial charge in [0.2, 0.25) is 0 Å². The molecule has 1 amide bonds. The fourth-order valence-corrected chi connectivity index (χ4v) is 2.41. The first kappa shape index (κ1) is 13.6. The van der Waals surface area contributed by atoms with Gasteiger partial charge in [0.25, 0.3) is 5.91 Å². The van der Waals surface area contributed by atoms with E-state index >= 15 is 0 Å². The van der Waals surface area contributed by atoms with Crippen LogP contribution in [0.15, 0.2) is 16.7 Å². The lowest BCUT2D eigenvalue weighted by atomic mass is 10.2. The third-order valence-corrected chi connectivity index (χ3v) is 3.51. The zero-order valence-corrected chi connectivity index (χ0v) is 12.1. The Morgan fingerprint density at radius 3 is 3.00 bits per heavy atom. The summed E-state index contributed by atoms with van der Waals surface area (Å²) >= 11 is 3.41. The minimum Gasteiger partial charge on any atom is -0.393 e. The van der Waals surface area contributed by atoms with E-state index in [-0.39, 0.29) is 12.0 Å². The summed E-state index contributed by atoms with van der Waals surface area (Å²) in [5.41, 5.74) is 0.724. The third kappa shape index (κ3) is 3.59. The second-order valence-corrected chi connectivity index (χ2v) is 5.84. The van der Waals surface area contributed by atoms with Crippen LogP contribution in [-0.2, 0) is 0 Å². The van der Waals surface area contributed by atoms with Crippen LogP contribution in [-0.4, -0.2) is 28.2 Å². The second-order valence-electron chi connectivity index (χ2n) is 4.93. The number of rotatable bonds is 6. The molecular weight excluding hydrogens is 296 g/mol. The molecule has 1 aromatic heterocycles. The van der Waals surface area contributed by atoms with Crippen LogP contribution in [0.4, 0.5) is 0 Å². The molecule has 2 rings (SSSR count). The van der Waals surface area contributed by atoms with Crippen LogP contribution in [0.1, 0.15) is 49.1 Å². The molecule has 18 heavy (non-hydrogen) atoms. The third-order valence-electron chi connectivity index (χ3n) is 3.07. The van der Waals surface area contributed by atoms with Crippen molar-refractivity contribution in [1.82, 2.24) is 9.88 Å². The van der Waals surface area contributed by atoms with Gasteiger partial charge in [-0.2, -0.15) is 0 Å². The fraction of sp³-hybridized carbons (Fsp3) is 0.615. The highest BCUT2D eigenvalue weighted by molar-refractivity contribution is 9.10. The highest BCUT2D eigenvalue weighted by Gasteiger charge is 2.27. The molecule has 1 saturated carbocycles. The van der Waals surface area contributed by atoms with E-state index in [0.717, 1.165) is 29.4 Å². The average molecular weight is 315 g/mol. The van der Waals surface area contributed by atoms with Gasteiger partial charge in [0, 0.05) is 23.3 Å². The number of amides is 1. The van der Waals surface area contributed by atoms with Gasteiger partial charge in [0.15, 0.2) is 0 Å². The van der Waals surface area contributed by atoms with Crippen molar-refractivity contribution in [2.75, 3.05) is 6.54 Å². The van der Waals surface area contributed by atoms with Gasteiger partial charge < -0.3 is 15.0 Å². The Bertz CT molecular complexity index is 425. The number of aliphatic hydroxyl groups excluding tert-OH is 1. The lowest BCUT2D eigenvalue weighted by Gasteiger charge is -2.09. The lowest BCUT2D eigenvalue weighted by Crippen LogP contribution is -2.27. The summed E-state index contributed by atoms with van der Waals surface area (Å²) in [4.78, 5) is 12.0. The van der Waals surface area contributed by atoms with E-state index in [9.17, 15) is 4.79 Å². The first-order valence-corrected chi connectivity index (χ1v) is 7.21. The van der Waals surface area contributed by atoms with Crippen molar-refractivity contribution in [2.45, 2.75) is 44.8 Å². The van der Waals surface area contributed by atoms with Crippen molar-refractivity contribution in [3.8, 4) is 0 Å². The van der Waals surface area contributed by atoms with Crippen molar-refractivity contribution < 1.29 is 9.90 Å². The summed E-state index contributed by atoms with van der Waals surface area (Å²) in [5, 5.41) is 12.0. The number of halogens is 1. The minimum absolute atomic E-state index is 0.0295. The zero-order valence-electron chi connectivity index (χ0n) is 10.5. The summed E-state index contributed by atoms with van der Waals surface area (Å²) in [7, 11) is 0. The molecular formula is C13H19BrN2O2. The van der Waals surface area contributed by atoms with Crippen molar-refractivity contribution in [3.05, 3.63) is 22.4 Å². The number of aliphatic hydroxyl groups is 1. The maximum Gasteiger partial charge on any atom is 0.267 e. The Labute approximate surface area is 116 Å². The normalized spacial score (nSPS) is 16.6. The van der Waals surface area contributed by atoms with Crippen molar-refractivity contribution >= 4 is 21.8 Å². The number of hydrogen-bond acceptors (Lipinski definition) is 2. The second kappa shape index (κ2) is 5.89. The van der Waals surface area contributed by atoms with Gasteiger partial charge in [-0.05, 0) is 54.6 Å². The Morgan fingerprint density at radius 1 is 1.67 bits per heavy atom. The van der Waals surface area contributed by atoms with Gasteiger partial charge in [-0.25, -0.2) is 0 Å². The molecule has 1 fully saturated rings. The van der Waals surface area contributed by atoms with Crippen LogP contribution in [0.25, 0.3) is 0 Å². The van der Waals surface area contributed by atoms with Crippen LogP contribution in [0.2, 0.25) is 0 Å². The predicted octanol–water partition coefficient (Wildman–Crippen LogP) is 2.48. The summed E-state index contributed by atoms with van der Waals surface area (Å²) in [5.74, 6) is -0.0295. The predicted molar refractivity (Wildman–Crippen MR) is 73.7 cm³/mol. The standard InChI is InChI=1S/C13H19BrN2O2/c1-9(17)3-2-6-15-13(18)12-7-10(14)8-16(12)11-4-5-11/h7-9,11,17H,2-6H2,1H3,(H,15,18). The Hall–Kier alpha value is -0.810. The molecule has 5 heteroatoms. The maximum absolute atomic E-state index is 12.0. The molecule has 1 aliphatic rings. The van der Waals surface area contributed by atoms with Gasteiger partial charge in [-0.15, -0.1) is 0 Å². The van der Waals surface area contributed by atoms with E-state index in [4.69, 9.17) is 5.11 Å². The van der Waals surface area contributed by atoms with Gasteiger partial charge in [-0.3, -0.25) is 4.79 Å². The molecule has 0 aromatic carbocycles. The molecule has 1 atom stereocenters. The van der Waals surface area contributed by atoms with E-state index in [2.05, 4.69) is 21.2 Å². The summed E-state index contributed by atoms with van der Waals surface area (Å²) < 4.78 is 3.00. The molecule has 2 N–H and O–H groups in total. The Balaban J connectivity index is 1.88. The molecule has 0 aliphatic heterocycles. The quantitative estimate of drug-likeness (QED) is 0.793. The average Bonchev–Trinajstić information content (AvgIpc) is 3.07. The van der Waals surface area contributed by atoms with Crippen LogP contribution in [0.3, 0.4) is 0 Å². The van der Waals surface area contributed by atoms with E-state index in [1.54, 1.807) is 6.92 Å². The summed E-state index contributed by atoms with van der Waals surface area (Å²) in [6.07, 6.45) is 5.50. The number of carbonyl (C=O) groups is 1. The Morgan fingerprint density at radius 2 is 2.39 bits per heavy atom. The molecule has 100 valence electrons. The van der Waals surface area contributed by atoms with Crippen LogP contribution < -0.4 is 5.32 Å². The fourth-order valence-electron chi connectivity index (χ4n) is 1.97. The largest absolute Gasteiger partial charge is 0.393 e. The SMILES string of the molecule is CC(O)CCCNC(=O)c1cc(Br)cn1C1CC1. The molecule has 1 aromatic rings. The smallest absolute Gasteiger partial charge is 0.267 e. The maximum atomic E-state index is 12.0. The minimum atomic E-state index is -0.300. The zero-order chi connectivity index (χ0) is 13.1. The monoisotopic (exact) mass is 314 g/mol. The number of nitrogens with zero attached hydrogens (tertiary/aromatic N) is 1. The van der Waals surface area contributed by atoms with E-state index in [1.165, 1.54) is 0 Å². The highest BCUT2D eigenvalue weighted by atomic mass is 79.9. The number of carbonyl (C=O) groups excluding carboxylic acids is 1. The lowest BCUT2D eigenvalue weighted by molar-refractivity contribution is 0.0940. The van der Waals surface area contributed by atoms with Crippen molar-refractivity contribution in [1.29, 1.82) is 0 Å².